The molecule has 7 heteroatoms. The molecule has 156 valence electrons. The molecule has 6 nitrogen and oxygen atoms in total. The molecular weight excluding hydrogens is 370 g/mol. The van der Waals surface area contributed by atoms with Crippen LogP contribution >= 0.6 is 0 Å². The summed E-state index contributed by atoms with van der Waals surface area (Å²) in [7, 11) is -1.74. The highest BCUT2D eigenvalue weighted by atomic mass is 28.4. The highest BCUT2D eigenvalue weighted by molar-refractivity contribution is 6.74. The predicted molar refractivity (Wildman–Crippen MR) is 115 cm³/mol. The Labute approximate surface area is 169 Å². The molecule has 1 amide bonds. The minimum atomic E-state index is -1.74. The Hall–Kier alpha value is -1.41. The van der Waals surface area contributed by atoms with Gasteiger partial charge in [0.2, 0.25) is 0 Å². The summed E-state index contributed by atoms with van der Waals surface area (Å²) in [6, 6.07) is 6.42. The van der Waals surface area contributed by atoms with Crippen molar-refractivity contribution in [2.24, 2.45) is 5.92 Å². The van der Waals surface area contributed by atoms with E-state index in [4.69, 9.17) is 9.16 Å². The SMILES string of the molecule is CC(C)(C)[Si](C)(C)OCC1CNCCC1NCc1ccc2c(c1)NC(=O)CO2. The number of benzene rings is 1. The molecule has 1 fully saturated rings. The molecule has 0 saturated carbocycles. The summed E-state index contributed by atoms with van der Waals surface area (Å²) < 4.78 is 11.9. The molecule has 1 saturated heterocycles. The number of hydrogen-bond donors (Lipinski definition) is 3. The van der Waals surface area contributed by atoms with Gasteiger partial charge in [0.15, 0.2) is 14.9 Å². The molecule has 3 rings (SSSR count). The molecule has 2 heterocycles. The van der Waals surface area contributed by atoms with E-state index in [1.54, 1.807) is 0 Å². The van der Waals surface area contributed by atoms with Crippen LogP contribution in [0.3, 0.4) is 0 Å². The van der Waals surface area contributed by atoms with Crippen LogP contribution in [-0.2, 0) is 15.8 Å². The number of piperidine rings is 1. The Morgan fingerprint density at radius 1 is 1.32 bits per heavy atom. The normalized spacial score (nSPS) is 23.0. The van der Waals surface area contributed by atoms with Gasteiger partial charge in [0.05, 0.1) is 5.69 Å². The summed E-state index contributed by atoms with van der Waals surface area (Å²) in [6.07, 6.45) is 1.09. The van der Waals surface area contributed by atoms with Crippen molar-refractivity contribution >= 4 is 19.9 Å². The van der Waals surface area contributed by atoms with Crippen molar-refractivity contribution in [1.29, 1.82) is 0 Å². The number of amides is 1. The monoisotopic (exact) mass is 405 g/mol. The van der Waals surface area contributed by atoms with Crippen LogP contribution in [0.1, 0.15) is 32.8 Å². The maximum absolute atomic E-state index is 11.5. The summed E-state index contributed by atoms with van der Waals surface area (Å²) in [5.41, 5.74) is 1.91. The van der Waals surface area contributed by atoms with Gasteiger partial charge < -0.3 is 25.1 Å². The molecule has 0 radical (unpaired) electrons. The van der Waals surface area contributed by atoms with Crippen molar-refractivity contribution in [1.82, 2.24) is 10.6 Å². The Morgan fingerprint density at radius 3 is 2.86 bits per heavy atom. The Bertz CT molecular complexity index is 703. The summed E-state index contributed by atoms with van der Waals surface area (Å²) in [5, 5.41) is 10.3. The lowest BCUT2D eigenvalue weighted by molar-refractivity contribution is -0.118. The van der Waals surface area contributed by atoms with Crippen LogP contribution < -0.4 is 20.7 Å². The molecule has 0 aliphatic carbocycles. The first-order valence-corrected chi connectivity index (χ1v) is 13.2. The molecule has 1 aromatic carbocycles. The Morgan fingerprint density at radius 2 is 2.11 bits per heavy atom. The van der Waals surface area contributed by atoms with Crippen molar-refractivity contribution in [3.8, 4) is 5.75 Å². The lowest BCUT2D eigenvalue weighted by atomic mass is 9.94. The van der Waals surface area contributed by atoms with Gasteiger partial charge in [0.25, 0.3) is 5.91 Å². The minimum absolute atomic E-state index is 0.0928. The highest BCUT2D eigenvalue weighted by Gasteiger charge is 2.38. The van der Waals surface area contributed by atoms with E-state index in [1.165, 1.54) is 0 Å². The number of ether oxygens (including phenoxy) is 1. The molecule has 0 bridgehead atoms. The molecule has 0 spiro atoms. The van der Waals surface area contributed by atoms with Crippen LogP contribution in [0.25, 0.3) is 0 Å². The van der Waals surface area contributed by atoms with E-state index >= 15 is 0 Å². The van der Waals surface area contributed by atoms with Gasteiger partial charge in [-0.2, -0.15) is 0 Å². The van der Waals surface area contributed by atoms with Crippen LogP contribution in [0.5, 0.6) is 5.75 Å². The average Bonchev–Trinajstić information content (AvgIpc) is 2.64. The van der Waals surface area contributed by atoms with Crippen molar-refractivity contribution in [2.45, 2.75) is 57.9 Å². The number of hydrogen-bond acceptors (Lipinski definition) is 5. The number of fused-ring (bicyclic) bond motifs is 1. The highest BCUT2D eigenvalue weighted by Crippen LogP contribution is 2.37. The minimum Gasteiger partial charge on any atom is -0.482 e. The van der Waals surface area contributed by atoms with Crippen molar-refractivity contribution in [2.75, 3.05) is 31.6 Å². The van der Waals surface area contributed by atoms with Crippen LogP contribution in [0.2, 0.25) is 18.1 Å². The fraction of sp³-hybridized carbons (Fsp3) is 0.667. The molecule has 3 N–H and O–H groups in total. The largest absolute Gasteiger partial charge is 0.482 e. The van der Waals surface area contributed by atoms with Crippen molar-refractivity contribution in [3.05, 3.63) is 23.8 Å². The fourth-order valence-corrected chi connectivity index (χ4v) is 4.45. The zero-order chi connectivity index (χ0) is 20.4. The van der Waals surface area contributed by atoms with E-state index in [1.807, 2.05) is 12.1 Å². The van der Waals surface area contributed by atoms with E-state index < -0.39 is 8.32 Å². The standard InChI is InChI=1S/C21H35N3O3Si/c1-21(2,3)28(4,5)27-13-16-12-22-9-8-17(16)23-11-15-6-7-19-18(10-15)24-20(25)14-26-19/h6-7,10,16-17,22-23H,8-9,11-14H2,1-5H3,(H,24,25). The predicted octanol–water partition coefficient (Wildman–Crippen LogP) is 3.11. The van der Waals surface area contributed by atoms with Gasteiger partial charge >= 0.3 is 0 Å². The summed E-state index contributed by atoms with van der Waals surface area (Å²) in [5.74, 6) is 1.10. The van der Waals surface area contributed by atoms with Gasteiger partial charge in [-0.3, -0.25) is 4.79 Å². The molecule has 2 aliphatic rings. The van der Waals surface area contributed by atoms with E-state index in [0.29, 0.717) is 12.0 Å². The first-order valence-electron chi connectivity index (χ1n) is 10.3. The van der Waals surface area contributed by atoms with Crippen LogP contribution in [-0.4, -0.2) is 46.6 Å². The molecular formula is C21H35N3O3Si. The lowest BCUT2D eigenvalue weighted by Gasteiger charge is -2.40. The van der Waals surface area contributed by atoms with Crippen molar-refractivity contribution < 1.29 is 14.0 Å². The maximum atomic E-state index is 11.5. The number of rotatable bonds is 6. The molecule has 0 aromatic heterocycles. The topological polar surface area (TPSA) is 71.6 Å². The Balaban J connectivity index is 1.58. The smallest absolute Gasteiger partial charge is 0.262 e. The second-order valence-electron chi connectivity index (χ2n) is 9.48. The fourth-order valence-electron chi connectivity index (χ4n) is 3.39. The number of anilines is 1. The van der Waals surface area contributed by atoms with Gasteiger partial charge in [-0.25, -0.2) is 0 Å². The average molecular weight is 406 g/mol. The number of nitrogens with one attached hydrogen (secondary N) is 3. The Kier molecular flexibility index (Phi) is 6.49. The van der Waals surface area contributed by atoms with E-state index in [-0.39, 0.29) is 17.6 Å². The van der Waals surface area contributed by atoms with E-state index in [0.717, 1.165) is 49.7 Å². The summed E-state index contributed by atoms with van der Waals surface area (Å²) >= 11 is 0. The third-order valence-electron chi connectivity index (χ3n) is 6.32. The van der Waals surface area contributed by atoms with E-state index in [2.05, 4.69) is 55.9 Å². The third kappa shape index (κ3) is 5.14. The van der Waals surface area contributed by atoms with Gasteiger partial charge in [-0.05, 0) is 48.8 Å². The van der Waals surface area contributed by atoms with E-state index in [9.17, 15) is 4.79 Å². The third-order valence-corrected chi connectivity index (χ3v) is 10.8. The maximum Gasteiger partial charge on any atom is 0.262 e. The van der Waals surface area contributed by atoms with Crippen LogP contribution in [0.15, 0.2) is 18.2 Å². The number of carbonyl (C=O) groups is 1. The van der Waals surface area contributed by atoms with Gasteiger partial charge in [-0.1, -0.05) is 26.8 Å². The zero-order valence-electron chi connectivity index (χ0n) is 17.9. The quantitative estimate of drug-likeness (QED) is 0.635. The first-order chi connectivity index (χ1) is 13.2. The van der Waals surface area contributed by atoms with Crippen LogP contribution in [0, 0.1) is 5.92 Å². The molecule has 28 heavy (non-hydrogen) atoms. The lowest BCUT2D eigenvalue weighted by Crippen LogP contribution is -2.51. The molecule has 1 aromatic rings. The zero-order valence-corrected chi connectivity index (χ0v) is 18.9. The van der Waals surface area contributed by atoms with Crippen LogP contribution in [0.4, 0.5) is 5.69 Å². The summed E-state index contributed by atoms with van der Waals surface area (Å²) in [4.78, 5) is 11.5. The van der Waals surface area contributed by atoms with Gasteiger partial charge in [0, 0.05) is 31.7 Å². The molecule has 2 atom stereocenters. The number of carbonyl (C=O) groups excluding carboxylic acids is 1. The van der Waals surface area contributed by atoms with Gasteiger partial charge in [0.1, 0.15) is 5.75 Å². The molecule has 2 unspecified atom stereocenters. The first kappa shape index (κ1) is 21.3. The van der Waals surface area contributed by atoms with Crippen molar-refractivity contribution in [3.63, 3.8) is 0 Å². The van der Waals surface area contributed by atoms with Gasteiger partial charge in [-0.15, -0.1) is 0 Å². The second kappa shape index (κ2) is 8.53. The molecule has 2 aliphatic heterocycles. The summed E-state index contributed by atoms with van der Waals surface area (Å²) in [6.45, 7) is 15.2. The second-order valence-corrected chi connectivity index (χ2v) is 14.3.